The summed E-state index contributed by atoms with van der Waals surface area (Å²) in [6.07, 6.45) is 7.14. The Labute approximate surface area is 188 Å². The molecule has 1 aliphatic heterocycles. The van der Waals surface area contributed by atoms with Crippen molar-refractivity contribution < 1.29 is 13.9 Å². The van der Waals surface area contributed by atoms with Crippen molar-refractivity contribution in [1.29, 1.82) is 0 Å². The molecule has 0 radical (unpaired) electrons. The molecule has 11 heteroatoms. The number of Topliss-reactive ketones (excluding diaryl/α,β-unsaturated/α-hetero) is 1. The largest absolute Gasteiger partial charge is 0.494 e. The van der Waals surface area contributed by atoms with Gasteiger partial charge in [0.15, 0.2) is 28.8 Å². The van der Waals surface area contributed by atoms with Gasteiger partial charge in [0.1, 0.15) is 6.04 Å². The van der Waals surface area contributed by atoms with Crippen molar-refractivity contribution in [2.24, 2.45) is 0 Å². The van der Waals surface area contributed by atoms with Gasteiger partial charge < -0.3 is 15.4 Å². The molecule has 0 amide bonds. The van der Waals surface area contributed by atoms with Crippen molar-refractivity contribution in [1.82, 2.24) is 29.4 Å². The molecule has 170 valence electrons. The number of ketones is 1. The Bertz CT molecular complexity index is 1400. The van der Waals surface area contributed by atoms with Gasteiger partial charge in [-0.15, -0.1) is 5.10 Å². The van der Waals surface area contributed by atoms with Gasteiger partial charge in [-0.2, -0.15) is 9.61 Å². The van der Waals surface area contributed by atoms with Crippen LogP contribution in [0.4, 0.5) is 16.0 Å². The lowest BCUT2D eigenvalue weighted by Gasteiger charge is -2.32. The van der Waals surface area contributed by atoms with Crippen molar-refractivity contribution in [2.75, 3.05) is 30.8 Å². The van der Waals surface area contributed by atoms with Crippen LogP contribution in [0, 0.1) is 5.82 Å². The van der Waals surface area contributed by atoms with Crippen molar-refractivity contribution >= 4 is 34.0 Å². The SMILES string of the molecule is COc1cc2nc(N)n3nc([C@@H]4CCCN(c5cnn(C6CCC6=O)c5)C4)nc3c2cc1F. The van der Waals surface area contributed by atoms with Gasteiger partial charge in [0.25, 0.3) is 0 Å². The number of methoxy groups -OCH3 is 1. The van der Waals surface area contributed by atoms with Crippen LogP contribution in [0.25, 0.3) is 16.6 Å². The molecule has 33 heavy (non-hydrogen) atoms. The molecule has 0 spiro atoms. The second-order valence-electron chi connectivity index (χ2n) is 8.66. The predicted molar refractivity (Wildman–Crippen MR) is 119 cm³/mol. The van der Waals surface area contributed by atoms with Gasteiger partial charge in [0, 0.05) is 43.1 Å². The number of piperidine rings is 1. The third-order valence-corrected chi connectivity index (χ3v) is 6.68. The number of ether oxygens (including phenoxy) is 1. The number of carbonyl (C=O) groups excluding carboxylic acids is 1. The average molecular weight is 450 g/mol. The van der Waals surface area contributed by atoms with Gasteiger partial charge in [-0.3, -0.25) is 9.48 Å². The van der Waals surface area contributed by atoms with E-state index in [0.717, 1.165) is 31.5 Å². The normalized spacial score (nSPS) is 21.0. The molecule has 4 heterocycles. The first kappa shape index (κ1) is 19.9. The van der Waals surface area contributed by atoms with E-state index in [2.05, 4.69) is 20.1 Å². The van der Waals surface area contributed by atoms with Crippen LogP contribution in [-0.4, -0.2) is 55.3 Å². The van der Waals surface area contributed by atoms with Crippen molar-refractivity contribution in [3.63, 3.8) is 0 Å². The van der Waals surface area contributed by atoms with E-state index in [9.17, 15) is 9.18 Å². The van der Waals surface area contributed by atoms with Crippen LogP contribution >= 0.6 is 0 Å². The molecule has 1 aliphatic carbocycles. The smallest absolute Gasteiger partial charge is 0.223 e. The quantitative estimate of drug-likeness (QED) is 0.504. The molecule has 6 rings (SSSR count). The standard InChI is InChI=1S/C22H23FN8O2/c1-33-19-8-16-14(7-15(19)23)21-27-20(28-31(21)22(24)26-16)12-3-2-6-29(10-12)13-9-25-30(11-13)17-4-5-18(17)32/h7-9,11-12,17H,2-6,10H2,1H3,(H2,24,26)/t12-,17?/m1/s1. The number of nitrogens with two attached hydrogens (primary N) is 1. The summed E-state index contributed by atoms with van der Waals surface area (Å²) >= 11 is 0. The number of carbonyl (C=O) groups is 1. The number of anilines is 2. The van der Waals surface area contributed by atoms with Gasteiger partial charge in [0.2, 0.25) is 5.95 Å². The summed E-state index contributed by atoms with van der Waals surface area (Å²) in [5.74, 6) is 0.759. The zero-order valence-electron chi connectivity index (χ0n) is 18.1. The maximum absolute atomic E-state index is 14.4. The number of benzene rings is 1. The zero-order chi connectivity index (χ0) is 22.7. The second-order valence-corrected chi connectivity index (χ2v) is 8.66. The molecule has 1 aromatic carbocycles. The van der Waals surface area contributed by atoms with Crippen LogP contribution in [0.3, 0.4) is 0 Å². The fourth-order valence-electron chi connectivity index (χ4n) is 4.73. The number of halogens is 1. The van der Waals surface area contributed by atoms with Gasteiger partial charge in [-0.1, -0.05) is 0 Å². The number of hydrogen-bond donors (Lipinski definition) is 1. The second kappa shape index (κ2) is 7.39. The van der Waals surface area contributed by atoms with E-state index >= 15 is 0 Å². The molecule has 4 aromatic rings. The van der Waals surface area contributed by atoms with Crippen LogP contribution in [0.2, 0.25) is 0 Å². The Morgan fingerprint density at radius 1 is 1.24 bits per heavy atom. The first-order chi connectivity index (χ1) is 16.0. The minimum Gasteiger partial charge on any atom is -0.494 e. The number of rotatable bonds is 4. The minimum absolute atomic E-state index is 0.0740. The van der Waals surface area contributed by atoms with Crippen LogP contribution in [0.1, 0.15) is 43.5 Å². The van der Waals surface area contributed by atoms with Gasteiger partial charge in [-0.05, 0) is 25.3 Å². The lowest BCUT2D eigenvalue weighted by atomic mass is 9.91. The average Bonchev–Trinajstić information content (AvgIpc) is 3.47. The molecular formula is C22H23FN8O2. The fourth-order valence-corrected chi connectivity index (χ4v) is 4.73. The van der Waals surface area contributed by atoms with Crippen LogP contribution in [0.5, 0.6) is 5.75 Å². The molecule has 2 aliphatic rings. The van der Waals surface area contributed by atoms with Gasteiger partial charge in [-0.25, -0.2) is 14.4 Å². The molecular weight excluding hydrogens is 427 g/mol. The third kappa shape index (κ3) is 3.18. The lowest BCUT2D eigenvalue weighted by molar-refractivity contribution is -0.128. The maximum atomic E-state index is 14.4. The number of fused-ring (bicyclic) bond motifs is 3. The van der Waals surface area contributed by atoms with Crippen LogP contribution in [-0.2, 0) is 4.79 Å². The summed E-state index contributed by atoms with van der Waals surface area (Å²) in [5.41, 5.74) is 8.10. The highest BCUT2D eigenvalue weighted by molar-refractivity contribution is 5.93. The molecule has 1 saturated heterocycles. The predicted octanol–water partition coefficient (Wildman–Crippen LogP) is 2.49. The molecule has 0 bridgehead atoms. The minimum atomic E-state index is -0.492. The Kier molecular flexibility index (Phi) is 4.46. The van der Waals surface area contributed by atoms with E-state index in [1.807, 2.05) is 12.4 Å². The van der Waals surface area contributed by atoms with E-state index in [-0.39, 0.29) is 29.4 Å². The molecule has 2 fully saturated rings. The van der Waals surface area contributed by atoms with Crippen LogP contribution in [0.15, 0.2) is 24.5 Å². The Morgan fingerprint density at radius 3 is 2.88 bits per heavy atom. The van der Waals surface area contributed by atoms with E-state index in [4.69, 9.17) is 15.5 Å². The summed E-state index contributed by atoms with van der Waals surface area (Å²) in [6, 6.07) is 2.75. The zero-order valence-corrected chi connectivity index (χ0v) is 18.1. The summed E-state index contributed by atoms with van der Waals surface area (Å²) in [5, 5.41) is 9.57. The number of nitrogen functional groups attached to an aromatic ring is 1. The Balaban J connectivity index is 1.32. The number of aromatic nitrogens is 6. The van der Waals surface area contributed by atoms with Gasteiger partial charge >= 0.3 is 0 Å². The molecule has 1 unspecified atom stereocenters. The highest BCUT2D eigenvalue weighted by Crippen LogP contribution is 2.33. The van der Waals surface area contributed by atoms with E-state index in [0.29, 0.717) is 35.3 Å². The fraction of sp³-hybridized carbons (Fsp3) is 0.409. The lowest BCUT2D eigenvalue weighted by Crippen LogP contribution is -2.34. The molecule has 3 aromatic heterocycles. The van der Waals surface area contributed by atoms with Gasteiger partial charge in [0.05, 0.1) is 24.5 Å². The first-order valence-corrected chi connectivity index (χ1v) is 11.0. The van der Waals surface area contributed by atoms with E-state index in [1.54, 1.807) is 4.68 Å². The summed E-state index contributed by atoms with van der Waals surface area (Å²) in [4.78, 5) is 23.1. The Morgan fingerprint density at radius 2 is 2.12 bits per heavy atom. The van der Waals surface area contributed by atoms with Crippen molar-refractivity contribution in [2.45, 2.75) is 37.6 Å². The topological polar surface area (TPSA) is 116 Å². The number of nitrogens with zero attached hydrogens (tertiary/aromatic N) is 7. The highest BCUT2D eigenvalue weighted by atomic mass is 19.1. The molecule has 2 atom stereocenters. The molecule has 1 saturated carbocycles. The van der Waals surface area contributed by atoms with Crippen LogP contribution < -0.4 is 15.4 Å². The monoisotopic (exact) mass is 450 g/mol. The molecule has 2 N–H and O–H groups in total. The summed E-state index contributed by atoms with van der Waals surface area (Å²) < 4.78 is 22.7. The van der Waals surface area contributed by atoms with E-state index < -0.39 is 5.82 Å². The molecule has 10 nitrogen and oxygen atoms in total. The first-order valence-electron chi connectivity index (χ1n) is 11.0. The van der Waals surface area contributed by atoms with Crippen molar-refractivity contribution in [3.8, 4) is 5.75 Å². The Hall–Kier alpha value is -3.76. The third-order valence-electron chi connectivity index (χ3n) is 6.68. The van der Waals surface area contributed by atoms with E-state index in [1.165, 1.54) is 23.8 Å². The summed E-state index contributed by atoms with van der Waals surface area (Å²) in [6.45, 7) is 1.61. The summed E-state index contributed by atoms with van der Waals surface area (Å²) in [7, 11) is 1.41. The maximum Gasteiger partial charge on any atom is 0.223 e. The number of hydrogen-bond acceptors (Lipinski definition) is 8. The highest BCUT2D eigenvalue weighted by Gasteiger charge is 2.32. The van der Waals surface area contributed by atoms with Crippen molar-refractivity contribution in [3.05, 3.63) is 36.2 Å².